The van der Waals surface area contributed by atoms with E-state index >= 15 is 0 Å². The first-order valence-corrected chi connectivity index (χ1v) is 3.60. The molecule has 10 heavy (non-hydrogen) atoms. The highest BCUT2D eigenvalue weighted by atomic mass is 19.1. The Balaban J connectivity index is 3.16. The fraction of sp³-hybridized carbons (Fsp3) is 1.00. The summed E-state index contributed by atoms with van der Waals surface area (Å²) in [5.74, 6) is 0. The monoisotopic (exact) mass is 149 g/mol. The molecule has 0 aromatic carbocycles. The Bertz CT molecular complexity index is 78.0. The van der Waals surface area contributed by atoms with Gasteiger partial charge in [-0.1, -0.05) is 0 Å². The maximum atomic E-state index is 11.5. The van der Waals surface area contributed by atoms with Gasteiger partial charge in [-0.25, -0.2) is 4.39 Å². The average molecular weight is 149 g/mol. The molecule has 0 aromatic rings. The van der Waals surface area contributed by atoms with Crippen molar-refractivity contribution in [2.75, 3.05) is 13.3 Å². The Kier molecular flexibility index (Phi) is 5.54. The van der Waals surface area contributed by atoms with E-state index in [9.17, 15) is 4.39 Å². The van der Waals surface area contributed by atoms with E-state index in [1.165, 1.54) is 0 Å². The van der Waals surface area contributed by atoms with Crippen LogP contribution in [0.1, 0.15) is 20.3 Å². The van der Waals surface area contributed by atoms with E-state index < -0.39 is 6.67 Å². The van der Waals surface area contributed by atoms with Gasteiger partial charge in [0.15, 0.2) is 0 Å². The maximum Gasteiger partial charge on any atom is 0.113 e. The van der Waals surface area contributed by atoms with Crippen molar-refractivity contribution in [3.8, 4) is 0 Å². The zero-order chi connectivity index (χ0) is 7.98. The van der Waals surface area contributed by atoms with Crippen LogP contribution in [-0.2, 0) is 4.74 Å². The summed E-state index contributed by atoms with van der Waals surface area (Å²) in [4.78, 5) is 0. The molecule has 2 atom stereocenters. The lowest BCUT2D eigenvalue weighted by molar-refractivity contribution is 0.0478. The number of hydrogen-bond acceptors (Lipinski definition) is 2. The molecule has 0 fully saturated rings. The second-order valence-corrected chi connectivity index (χ2v) is 2.58. The molecule has 3 heteroatoms. The molecule has 2 nitrogen and oxygen atoms in total. The van der Waals surface area contributed by atoms with Gasteiger partial charge in [0.05, 0.1) is 12.7 Å². The van der Waals surface area contributed by atoms with Crippen LogP contribution in [0.5, 0.6) is 0 Å². The molecule has 0 amide bonds. The third kappa shape index (κ3) is 5.98. The summed E-state index contributed by atoms with van der Waals surface area (Å²) in [6, 6.07) is 0.134. The standard InChI is InChI=1S/C7H16FNO/c1-6(9)5-7(2)10-4-3-8/h6-7H,3-5,9H2,1-2H3. The van der Waals surface area contributed by atoms with E-state index in [4.69, 9.17) is 10.5 Å². The van der Waals surface area contributed by atoms with E-state index in [1.807, 2.05) is 13.8 Å². The number of hydrogen-bond donors (Lipinski definition) is 1. The largest absolute Gasteiger partial charge is 0.376 e. The summed E-state index contributed by atoms with van der Waals surface area (Å²) in [6.45, 7) is 3.59. The van der Waals surface area contributed by atoms with Crippen LogP contribution in [0.25, 0.3) is 0 Å². The minimum Gasteiger partial charge on any atom is -0.376 e. The highest BCUT2D eigenvalue weighted by Crippen LogP contribution is 1.99. The Morgan fingerprint density at radius 2 is 2.10 bits per heavy atom. The van der Waals surface area contributed by atoms with Gasteiger partial charge in [-0.05, 0) is 20.3 Å². The van der Waals surface area contributed by atoms with Crippen molar-refractivity contribution in [2.45, 2.75) is 32.4 Å². The van der Waals surface area contributed by atoms with Crippen LogP contribution < -0.4 is 5.73 Å². The van der Waals surface area contributed by atoms with Gasteiger partial charge in [0.2, 0.25) is 0 Å². The highest BCUT2D eigenvalue weighted by molar-refractivity contribution is 4.58. The van der Waals surface area contributed by atoms with Crippen molar-refractivity contribution >= 4 is 0 Å². The maximum absolute atomic E-state index is 11.5. The van der Waals surface area contributed by atoms with Gasteiger partial charge < -0.3 is 10.5 Å². The summed E-state index contributed by atoms with van der Waals surface area (Å²) < 4.78 is 16.6. The van der Waals surface area contributed by atoms with E-state index in [2.05, 4.69) is 0 Å². The van der Waals surface area contributed by atoms with E-state index in [-0.39, 0.29) is 18.8 Å². The smallest absolute Gasteiger partial charge is 0.113 e. The first-order valence-electron chi connectivity index (χ1n) is 3.60. The lowest BCUT2D eigenvalue weighted by Crippen LogP contribution is -2.23. The zero-order valence-corrected chi connectivity index (χ0v) is 6.64. The Labute approximate surface area is 61.5 Å². The Morgan fingerprint density at radius 3 is 2.50 bits per heavy atom. The first kappa shape index (κ1) is 9.85. The molecule has 0 saturated carbocycles. The van der Waals surface area contributed by atoms with Gasteiger partial charge in [0.25, 0.3) is 0 Å². The van der Waals surface area contributed by atoms with E-state index in [0.29, 0.717) is 0 Å². The van der Waals surface area contributed by atoms with Crippen LogP contribution >= 0.6 is 0 Å². The van der Waals surface area contributed by atoms with Crippen LogP contribution in [0.2, 0.25) is 0 Å². The van der Waals surface area contributed by atoms with Gasteiger partial charge in [-0.2, -0.15) is 0 Å². The van der Waals surface area contributed by atoms with Crippen LogP contribution in [0.4, 0.5) is 4.39 Å². The molecule has 0 saturated heterocycles. The zero-order valence-electron chi connectivity index (χ0n) is 6.64. The highest BCUT2D eigenvalue weighted by Gasteiger charge is 2.03. The molecular weight excluding hydrogens is 133 g/mol. The van der Waals surface area contributed by atoms with Gasteiger partial charge in [0.1, 0.15) is 6.67 Å². The van der Waals surface area contributed by atoms with Crippen LogP contribution in [0, 0.1) is 0 Å². The lowest BCUT2D eigenvalue weighted by Gasteiger charge is -2.13. The Morgan fingerprint density at radius 1 is 1.50 bits per heavy atom. The third-order valence-electron chi connectivity index (χ3n) is 1.18. The Hall–Kier alpha value is -0.150. The molecule has 0 bridgehead atoms. The molecule has 0 rings (SSSR count). The minimum absolute atomic E-state index is 0.0794. The van der Waals surface area contributed by atoms with Gasteiger partial charge in [-0.3, -0.25) is 0 Å². The van der Waals surface area contributed by atoms with Crippen molar-refractivity contribution in [2.24, 2.45) is 5.73 Å². The van der Waals surface area contributed by atoms with Crippen molar-refractivity contribution in [3.05, 3.63) is 0 Å². The number of ether oxygens (including phenoxy) is 1. The topological polar surface area (TPSA) is 35.2 Å². The number of nitrogens with two attached hydrogens (primary N) is 1. The molecule has 0 aromatic heterocycles. The summed E-state index contributed by atoms with van der Waals surface area (Å²) in [5.41, 5.74) is 5.49. The minimum atomic E-state index is -0.413. The molecule has 0 aliphatic carbocycles. The van der Waals surface area contributed by atoms with Crippen molar-refractivity contribution < 1.29 is 9.13 Å². The van der Waals surface area contributed by atoms with Crippen LogP contribution in [0.15, 0.2) is 0 Å². The number of alkyl halides is 1. The molecule has 2 unspecified atom stereocenters. The molecule has 0 radical (unpaired) electrons. The fourth-order valence-corrected chi connectivity index (χ4v) is 0.837. The molecule has 0 aliphatic heterocycles. The molecular formula is C7H16FNO. The summed E-state index contributed by atoms with van der Waals surface area (Å²) >= 11 is 0. The van der Waals surface area contributed by atoms with Crippen molar-refractivity contribution in [1.29, 1.82) is 0 Å². The average Bonchev–Trinajstić information content (AvgIpc) is 1.82. The van der Waals surface area contributed by atoms with Crippen LogP contribution in [0.3, 0.4) is 0 Å². The second kappa shape index (κ2) is 5.62. The molecule has 0 aliphatic rings. The summed E-state index contributed by atoms with van der Waals surface area (Å²) in [6.07, 6.45) is 0.871. The van der Waals surface area contributed by atoms with Gasteiger partial charge in [0, 0.05) is 6.04 Å². The predicted molar refractivity (Wildman–Crippen MR) is 39.7 cm³/mol. The predicted octanol–water partition coefficient (Wildman–Crippen LogP) is 1.10. The molecule has 0 heterocycles. The van der Waals surface area contributed by atoms with Crippen LogP contribution in [-0.4, -0.2) is 25.4 Å². The normalized spacial score (nSPS) is 16.8. The number of halogens is 1. The van der Waals surface area contributed by atoms with E-state index in [1.54, 1.807) is 0 Å². The third-order valence-corrected chi connectivity index (χ3v) is 1.18. The molecule has 2 N–H and O–H groups in total. The van der Waals surface area contributed by atoms with Crippen molar-refractivity contribution in [1.82, 2.24) is 0 Å². The SMILES string of the molecule is CC(N)CC(C)OCCF. The first-order chi connectivity index (χ1) is 4.66. The summed E-state index contributed by atoms with van der Waals surface area (Å²) in [5, 5.41) is 0. The fourth-order valence-electron chi connectivity index (χ4n) is 0.837. The molecule has 0 spiro atoms. The lowest BCUT2D eigenvalue weighted by atomic mass is 10.2. The summed E-state index contributed by atoms with van der Waals surface area (Å²) in [7, 11) is 0. The number of rotatable bonds is 5. The van der Waals surface area contributed by atoms with Crippen molar-refractivity contribution in [3.63, 3.8) is 0 Å². The second-order valence-electron chi connectivity index (χ2n) is 2.58. The van der Waals surface area contributed by atoms with Gasteiger partial charge in [-0.15, -0.1) is 0 Å². The molecule has 62 valence electrons. The quantitative estimate of drug-likeness (QED) is 0.635. The van der Waals surface area contributed by atoms with E-state index in [0.717, 1.165) is 6.42 Å². The van der Waals surface area contributed by atoms with Gasteiger partial charge >= 0.3 is 0 Å².